The number of rotatable bonds is 24. The fourth-order valence-electron chi connectivity index (χ4n) is 3.87. The lowest BCUT2D eigenvalue weighted by Crippen LogP contribution is -2.46. The van der Waals surface area contributed by atoms with Gasteiger partial charge in [-0.3, -0.25) is 4.79 Å². The maximum atomic E-state index is 11.9. The van der Waals surface area contributed by atoms with Gasteiger partial charge in [0.1, 0.15) is 6.54 Å². The van der Waals surface area contributed by atoms with Gasteiger partial charge in [-0.25, -0.2) is 4.79 Å². The van der Waals surface area contributed by atoms with Gasteiger partial charge in [0.05, 0.1) is 27.3 Å². The molecular formula is C26H53N2O4+. The summed E-state index contributed by atoms with van der Waals surface area (Å²) in [5, 5.41) is 11.8. The molecule has 6 nitrogen and oxygen atoms in total. The van der Waals surface area contributed by atoms with E-state index >= 15 is 0 Å². The van der Waals surface area contributed by atoms with Crippen LogP contribution in [0.4, 0.5) is 0 Å². The van der Waals surface area contributed by atoms with Gasteiger partial charge in [-0.05, 0) is 6.42 Å². The molecule has 190 valence electrons. The van der Waals surface area contributed by atoms with E-state index in [-0.39, 0.29) is 12.5 Å². The number of amides is 1. The van der Waals surface area contributed by atoms with Gasteiger partial charge in [-0.2, -0.15) is 0 Å². The number of hydrogen-bond acceptors (Lipinski definition) is 3. The molecule has 0 atom stereocenters. The van der Waals surface area contributed by atoms with Gasteiger partial charge in [0, 0.05) is 13.0 Å². The van der Waals surface area contributed by atoms with Gasteiger partial charge < -0.3 is 19.6 Å². The van der Waals surface area contributed by atoms with Crippen LogP contribution >= 0.6 is 0 Å². The van der Waals surface area contributed by atoms with Crippen LogP contribution in [-0.2, 0) is 14.3 Å². The van der Waals surface area contributed by atoms with Crippen LogP contribution in [0.15, 0.2) is 0 Å². The number of carboxylic acid groups (broad SMARTS) is 1. The van der Waals surface area contributed by atoms with Crippen LogP contribution in [0.1, 0.15) is 110 Å². The number of likely N-dealkylation sites (N-methyl/N-ethyl adjacent to an activating group) is 1. The third kappa shape index (κ3) is 23.5. The van der Waals surface area contributed by atoms with Crippen LogP contribution < -0.4 is 5.32 Å². The van der Waals surface area contributed by atoms with Gasteiger partial charge in [0.15, 0.2) is 6.54 Å². The summed E-state index contributed by atoms with van der Waals surface area (Å²) in [6, 6.07) is 0. The molecule has 0 saturated heterocycles. The lowest BCUT2D eigenvalue weighted by molar-refractivity contribution is -0.883. The van der Waals surface area contributed by atoms with Gasteiger partial charge in [-0.1, -0.05) is 96.8 Å². The first kappa shape index (κ1) is 30.9. The van der Waals surface area contributed by atoms with Crippen molar-refractivity contribution in [3.63, 3.8) is 0 Å². The van der Waals surface area contributed by atoms with E-state index in [0.29, 0.717) is 37.2 Å². The fraction of sp³-hybridized carbons (Fsp3) is 0.923. The highest BCUT2D eigenvalue weighted by atomic mass is 16.5. The highest BCUT2D eigenvalue weighted by Gasteiger charge is 2.18. The Kier molecular flexibility index (Phi) is 20.9. The molecule has 0 heterocycles. The summed E-state index contributed by atoms with van der Waals surface area (Å²) in [4.78, 5) is 22.6. The first-order valence-corrected chi connectivity index (χ1v) is 13.3. The van der Waals surface area contributed by atoms with Gasteiger partial charge in [0.2, 0.25) is 5.91 Å². The summed E-state index contributed by atoms with van der Waals surface area (Å²) in [7, 11) is 3.74. The largest absolute Gasteiger partial charge is 0.477 e. The molecule has 0 bridgehead atoms. The SMILES string of the molecule is CCCCCCCCCCCCCCCCCC(=O)NCCOCC[N+](C)(C)CC(=O)O. The number of carbonyl (C=O) groups is 2. The van der Waals surface area contributed by atoms with Crippen molar-refractivity contribution in [2.75, 3.05) is 46.9 Å². The lowest BCUT2D eigenvalue weighted by Gasteiger charge is -2.27. The van der Waals surface area contributed by atoms with Gasteiger partial charge in [-0.15, -0.1) is 0 Å². The van der Waals surface area contributed by atoms with Crippen LogP contribution in [0, 0.1) is 0 Å². The smallest absolute Gasteiger partial charge is 0.359 e. The number of aliphatic carboxylic acids is 1. The maximum absolute atomic E-state index is 11.9. The second-order valence-corrected chi connectivity index (χ2v) is 9.87. The Bertz CT molecular complexity index is 455. The zero-order chi connectivity index (χ0) is 23.9. The highest BCUT2D eigenvalue weighted by Crippen LogP contribution is 2.13. The quantitative estimate of drug-likeness (QED) is 0.147. The van der Waals surface area contributed by atoms with Crippen LogP contribution in [0.3, 0.4) is 0 Å². The van der Waals surface area contributed by atoms with Crippen molar-refractivity contribution >= 4 is 11.9 Å². The Hall–Kier alpha value is -1.14. The minimum Gasteiger partial charge on any atom is -0.477 e. The third-order valence-corrected chi connectivity index (χ3v) is 5.98. The van der Waals surface area contributed by atoms with Crippen LogP contribution in [0.5, 0.6) is 0 Å². The van der Waals surface area contributed by atoms with Crippen molar-refractivity contribution in [3.05, 3.63) is 0 Å². The topological polar surface area (TPSA) is 75.6 Å². The van der Waals surface area contributed by atoms with E-state index in [9.17, 15) is 9.59 Å². The number of nitrogens with zero attached hydrogens (tertiary/aromatic N) is 1. The molecule has 0 aliphatic carbocycles. The molecule has 0 spiro atoms. The molecular weight excluding hydrogens is 404 g/mol. The van der Waals surface area contributed by atoms with E-state index in [1.807, 2.05) is 14.1 Å². The van der Waals surface area contributed by atoms with Crippen molar-refractivity contribution < 1.29 is 23.9 Å². The first-order valence-electron chi connectivity index (χ1n) is 13.3. The molecule has 0 aromatic rings. The molecule has 1 amide bonds. The van der Waals surface area contributed by atoms with Crippen molar-refractivity contribution in [2.45, 2.75) is 110 Å². The molecule has 0 rings (SSSR count). The van der Waals surface area contributed by atoms with Crippen LogP contribution in [0.25, 0.3) is 0 Å². The standard InChI is InChI=1S/C26H52N2O4/c1-4-5-6-7-8-9-10-11-12-13-14-15-16-17-18-19-25(29)27-20-22-32-23-21-28(2,3)24-26(30)31/h4-24H2,1-3H3,(H-,27,29,30,31)/p+1. The van der Waals surface area contributed by atoms with Crippen LogP contribution in [0.2, 0.25) is 0 Å². The molecule has 2 N–H and O–H groups in total. The Morgan fingerprint density at radius 2 is 1.22 bits per heavy atom. The van der Waals surface area contributed by atoms with Crippen molar-refractivity contribution in [3.8, 4) is 0 Å². The van der Waals surface area contributed by atoms with Crippen molar-refractivity contribution in [1.29, 1.82) is 0 Å². The average molecular weight is 458 g/mol. The van der Waals surface area contributed by atoms with E-state index < -0.39 is 5.97 Å². The molecule has 0 fully saturated rings. The summed E-state index contributed by atoms with van der Waals surface area (Å²) in [5.74, 6) is -0.702. The normalized spacial score (nSPS) is 11.6. The second kappa shape index (κ2) is 21.7. The Labute approximate surface area is 198 Å². The number of quaternary nitrogens is 1. The molecule has 0 unspecified atom stereocenters. The van der Waals surface area contributed by atoms with E-state index in [2.05, 4.69) is 12.2 Å². The number of nitrogens with one attached hydrogen (secondary N) is 1. The van der Waals surface area contributed by atoms with E-state index in [0.717, 1.165) is 12.8 Å². The molecule has 32 heavy (non-hydrogen) atoms. The van der Waals surface area contributed by atoms with E-state index in [4.69, 9.17) is 9.84 Å². The minimum atomic E-state index is -0.805. The summed E-state index contributed by atoms with van der Waals surface area (Å²) in [5.41, 5.74) is 0. The van der Waals surface area contributed by atoms with Gasteiger partial charge >= 0.3 is 5.97 Å². The third-order valence-electron chi connectivity index (χ3n) is 5.98. The summed E-state index contributed by atoms with van der Waals surface area (Å²) >= 11 is 0. The van der Waals surface area contributed by atoms with E-state index in [1.165, 1.54) is 83.5 Å². The maximum Gasteiger partial charge on any atom is 0.359 e. The van der Waals surface area contributed by atoms with Crippen LogP contribution in [-0.4, -0.2) is 68.4 Å². The molecule has 0 saturated carbocycles. The molecule has 0 aromatic heterocycles. The monoisotopic (exact) mass is 457 g/mol. The Balaban J connectivity index is 3.29. The zero-order valence-corrected chi connectivity index (χ0v) is 21.5. The number of carboxylic acids is 1. The van der Waals surface area contributed by atoms with Gasteiger partial charge in [0.25, 0.3) is 0 Å². The molecule has 0 aromatic carbocycles. The molecule has 0 aliphatic heterocycles. The van der Waals surface area contributed by atoms with Crippen molar-refractivity contribution in [1.82, 2.24) is 5.32 Å². The summed E-state index contributed by atoms with van der Waals surface area (Å²) in [6.45, 7) is 4.48. The number of unbranched alkanes of at least 4 members (excludes halogenated alkanes) is 14. The fourth-order valence-corrected chi connectivity index (χ4v) is 3.87. The molecule has 0 aliphatic rings. The van der Waals surface area contributed by atoms with Crippen molar-refractivity contribution in [2.24, 2.45) is 0 Å². The van der Waals surface area contributed by atoms with E-state index in [1.54, 1.807) is 0 Å². The second-order valence-electron chi connectivity index (χ2n) is 9.87. The number of hydrogen-bond donors (Lipinski definition) is 2. The zero-order valence-electron chi connectivity index (χ0n) is 21.5. The molecule has 6 heteroatoms. The number of carbonyl (C=O) groups excluding carboxylic acids is 1. The number of ether oxygens (including phenoxy) is 1. The Morgan fingerprint density at radius 1 is 0.750 bits per heavy atom. The predicted molar refractivity (Wildman–Crippen MR) is 133 cm³/mol. The predicted octanol–water partition coefficient (Wildman–Crippen LogP) is 5.54. The average Bonchev–Trinajstić information content (AvgIpc) is 2.72. The summed E-state index contributed by atoms with van der Waals surface area (Å²) < 4.78 is 5.90. The lowest BCUT2D eigenvalue weighted by atomic mass is 10.0. The molecule has 0 radical (unpaired) electrons. The first-order chi connectivity index (χ1) is 15.4. The highest BCUT2D eigenvalue weighted by molar-refractivity contribution is 5.75. The minimum absolute atomic E-state index is 0.0827. The summed E-state index contributed by atoms with van der Waals surface area (Å²) in [6.07, 6.45) is 20.5. The Morgan fingerprint density at radius 3 is 1.69 bits per heavy atom.